The number of aliphatic hydroxyl groups excluding tert-OH is 8. The quantitative estimate of drug-likeness (QED) is 0.151. The minimum Gasteiger partial charge on any atom is -0.394 e. The van der Waals surface area contributed by atoms with Crippen LogP contribution in [0, 0.1) is 0 Å². The van der Waals surface area contributed by atoms with Gasteiger partial charge in [0.05, 0.1) is 13.2 Å². The summed E-state index contributed by atoms with van der Waals surface area (Å²) in [6.07, 6.45) is -14.5. The van der Waals surface area contributed by atoms with Crippen LogP contribution in [0.15, 0.2) is 0 Å². The summed E-state index contributed by atoms with van der Waals surface area (Å²) >= 11 is 0. The fraction of sp³-hybridized carbons (Fsp3) is 1.00. The molecule has 0 saturated carbocycles. The van der Waals surface area contributed by atoms with Crippen LogP contribution in [0.4, 0.5) is 0 Å². The Morgan fingerprint density at radius 3 is 2.07 bits per heavy atom. The van der Waals surface area contributed by atoms with Gasteiger partial charge >= 0.3 is 0 Å². The maximum absolute atomic E-state index is 10.4. The molecule has 0 radical (unpaired) electrons. The van der Waals surface area contributed by atoms with E-state index in [4.69, 9.17) is 24.1 Å². The van der Waals surface area contributed by atoms with E-state index in [2.05, 4.69) is 0 Å². The zero-order chi connectivity index (χ0) is 21.6. The summed E-state index contributed by atoms with van der Waals surface area (Å²) in [5.41, 5.74) is 0. The van der Waals surface area contributed by atoms with Crippen molar-refractivity contribution in [3.8, 4) is 0 Å². The van der Waals surface area contributed by atoms with Crippen molar-refractivity contribution in [1.82, 2.24) is 0 Å². The summed E-state index contributed by atoms with van der Waals surface area (Å²) in [5.74, 6) is -1.92. The van der Waals surface area contributed by atoms with Crippen LogP contribution in [0.25, 0.3) is 0 Å². The van der Waals surface area contributed by atoms with Gasteiger partial charge in [-0.2, -0.15) is 0 Å². The molecule has 0 amide bonds. The van der Waals surface area contributed by atoms with Crippen molar-refractivity contribution in [1.29, 1.82) is 0 Å². The molecule has 12 heteroatoms. The van der Waals surface area contributed by atoms with E-state index in [-0.39, 0.29) is 6.61 Å². The molecular weight excluding hydrogens is 384 g/mol. The Morgan fingerprint density at radius 2 is 1.57 bits per heavy atom. The van der Waals surface area contributed by atoms with E-state index >= 15 is 0 Å². The number of hydrogen-bond acceptors (Lipinski definition) is 12. The summed E-state index contributed by atoms with van der Waals surface area (Å²) in [6.45, 7) is 1.54. The molecule has 168 valence electrons. The van der Waals surface area contributed by atoms with E-state index in [9.17, 15) is 35.7 Å². The van der Waals surface area contributed by atoms with Crippen molar-refractivity contribution >= 4 is 0 Å². The minimum atomic E-state index is -1.95. The molecule has 1 aliphatic rings. The molecule has 8 N–H and O–H groups in total. The van der Waals surface area contributed by atoms with Gasteiger partial charge < -0.3 is 59.8 Å². The second kappa shape index (κ2) is 11.1. The lowest BCUT2D eigenvalue weighted by molar-refractivity contribution is -0.332. The summed E-state index contributed by atoms with van der Waals surface area (Å²) in [6, 6.07) is 0. The Kier molecular flexibility index (Phi) is 10.1. The van der Waals surface area contributed by atoms with Gasteiger partial charge in [0.15, 0.2) is 12.1 Å². The van der Waals surface area contributed by atoms with E-state index < -0.39 is 74.1 Å². The lowest BCUT2D eigenvalue weighted by atomic mass is 9.97. The predicted molar refractivity (Wildman–Crippen MR) is 90.8 cm³/mol. The van der Waals surface area contributed by atoms with Crippen LogP contribution < -0.4 is 0 Å². The van der Waals surface area contributed by atoms with Crippen LogP contribution in [0.3, 0.4) is 0 Å². The Bertz CT molecular complexity index is 451. The standard InChI is InChI=1S/C16H32O12/c1-4-26-16(2,14(24)12(22)9(19)7(18)5-17)27-6-8-10(20)11(21)13(23)15(25-3)28-8/h7-15,17-24H,4-6H2,1-3H3/t7-,8+,9+,10+,11-,12-,13+,14-,15-,16-/m0/s1. The molecule has 1 rings (SSSR count). The molecule has 0 spiro atoms. The number of methoxy groups -OCH3 is 1. The first-order valence-corrected chi connectivity index (χ1v) is 8.87. The molecule has 0 bridgehead atoms. The van der Waals surface area contributed by atoms with Gasteiger partial charge in [-0.3, -0.25) is 0 Å². The van der Waals surface area contributed by atoms with E-state index in [1.807, 2.05) is 0 Å². The van der Waals surface area contributed by atoms with Crippen LogP contribution in [-0.2, 0) is 18.9 Å². The van der Waals surface area contributed by atoms with Gasteiger partial charge in [-0.15, -0.1) is 0 Å². The van der Waals surface area contributed by atoms with Crippen LogP contribution >= 0.6 is 0 Å². The van der Waals surface area contributed by atoms with Gasteiger partial charge in [0.25, 0.3) is 0 Å². The minimum absolute atomic E-state index is 0.0229. The third kappa shape index (κ3) is 5.78. The lowest BCUT2D eigenvalue weighted by Crippen LogP contribution is -2.61. The molecule has 1 fully saturated rings. The molecule has 1 heterocycles. The lowest BCUT2D eigenvalue weighted by Gasteiger charge is -2.42. The smallest absolute Gasteiger partial charge is 0.194 e. The molecule has 0 aromatic rings. The summed E-state index contributed by atoms with van der Waals surface area (Å²) < 4.78 is 21.0. The molecule has 0 unspecified atom stereocenters. The Balaban J connectivity index is 2.87. The number of aliphatic hydroxyl groups is 8. The first-order valence-electron chi connectivity index (χ1n) is 8.87. The molecule has 0 aromatic carbocycles. The maximum atomic E-state index is 10.4. The van der Waals surface area contributed by atoms with Crippen LogP contribution in [0.1, 0.15) is 13.8 Å². The topological polar surface area (TPSA) is 199 Å². The first kappa shape index (κ1) is 25.6. The number of rotatable bonds is 11. The Labute approximate surface area is 162 Å². The molecule has 1 saturated heterocycles. The SMILES string of the molecule is CCO[C@@](C)(OC[C@H]1O[C@H](OC)[C@H](O)[C@@H](O)[C@@H]1O)[C@@H](O)[C@@H](O)[C@H](O)[C@@H](O)CO. The molecule has 0 aliphatic carbocycles. The molecular formula is C16H32O12. The van der Waals surface area contributed by atoms with Gasteiger partial charge in [-0.1, -0.05) is 0 Å². The second-order valence-electron chi connectivity index (χ2n) is 6.69. The summed E-state index contributed by atoms with van der Waals surface area (Å²) in [4.78, 5) is 0. The average molecular weight is 416 g/mol. The first-order chi connectivity index (χ1) is 13.0. The largest absolute Gasteiger partial charge is 0.394 e. The average Bonchev–Trinajstić information content (AvgIpc) is 2.69. The molecule has 10 atom stereocenters. The van der Waals surface area contributed by atoms with E-state index in [0.29, 0.717) is 0 Å². The number of ether oxygens (including phenoxy) is 4. The molecule has 0 aromatic heterocycles. The van der Waals surface area contributed by atoms with Crippen molar-refractivity contribution < 1.29 is 59.8 Å². The third-order valence-corrected chi connectivity index (χ3v) is 4.66. The van der Waals surface area contributed by atoms with Crippen LogP contribution in [0.2, 0.25) is 0 Å². The van der Waals surface area contributed by atoms with Crippen LogP contribution in [0.5, 0.6) is 0 Å². The monoisotopic (exact) mass is 416 g/mol. The van der Waals surface area contributed by atoms with Crippen molar-refractivity contribution in [3.05, 3.63) is 0 Å². The molecule has 28 heavy (non-hydrogen) atoms. The summed E-state index contributed by atoms with van der Waals surface area (Å²) in [7, 11) is 1.23. The third-order valence-electron chi connectivity index (χ3n) is 4.66. The number of hydrogen-bond donors (Lipinski definition) is 8. The predicted octanol–water partition coefficient (Wildman–Crippen LogP) is -4.35. The normalized spacial score (nSPS) is 35.0. The van der Waals surface area contributed by atoms with Crippen LogP contribution in [-0.4, -0.2) is 129 Å². The van der Waals surface area contributed by atoms with Crippen molar-refractivity contribution in [2.45, 2.75) is 74.8 Å². The zero-order valence-electron chi connectivity index (χ0n) is 16.0. The van der Waals surface area contributed by atoms with Gasteiger partial charge in [-0.05, 0) is 13.8 Å². The molecule has 12 nitrogen and oxygen atoms in total. The molecule has 1 aliphatic heterocycles. The van der Waals surface area contributed by atoms with Gasteiger partial charge in [-0.25, -0.2) is 0 Å². The zero-order valence-corrected chi connectivity index (χ0v) is 16.0. The van der Waals surface area contributed by atoms with Gasteiger partial charge in [0.2, 0.25) is 0 Å². The highest BCUT2D eigenvalue weighted by Crippen LogP contribution is 2.27. The Morgan fingerprint density at radius 1 is 0.964 bits per heavy atom. The fourth-order valence-corrected chi connectivity index (χ4v) is 2.83. The van der Waals surface area contributed by atoms with Crippen molar-refractivity contribution in [2.75, 3.05) is 26.9 Å². The maximum Gasteiger partial charge on any atom is 0.194 e. The van der Waals surface area contributed by atoms with Crippen molar-refractivity contribution in [3.63, 3.8) is 0 Å². The highest BCUT2D eigenvalue weighted by Gasteiger charge is 2.47. The van der Waals surface area contributed by atoms with Crippen molar-refractivity contribution in [2.24, 2.45) is 0 Å². The van der Waals surface area contributed by atoms with E-state index in [1.54, 1.807) is 6.92 Å². The van der Waals surface area contributed by atoms with E-state index in [0.717, 1.165) is 0 Å². The van der Waals surface area contributed by atoms with Gasteiger partial charge in [0, 0.05) is 13.7 Å². The van der Waals surface area contributed by atoms with Gasteiger partial charge in [0.1, 0.15) is 48.8 Å². The highest BCUT2D eigenvalue weighted by molar-refractivity contribution is 4.91. The fourth-order valence-electron chi connectivity index (χ4n) is 2.83. The summed E-state index contributed by atoms with van der Waals surface area (Å²) in [5, 5.41) is 78.3. The van der Waals surface area contributed by atoms with E-state index in [1.165, 1.54) is 14.0 Å². The second-order valence-corrected chi connectivity index (χ2v) is 6.69. The highest BCUT2D eigenvalue weighted by atomic mass is 16.7. The Hall–Kier alpha value is -0.480.